The summed E-state index contributed by atoms with van der Waals surface area (Å²) >= 11 is 1.73. The lowest BCUT2D eigenvalue weighted by molar-refractivity contribution is 0.589. The monoisotopic (exact) mass is 428 g/mol. The van der Waals surface area contributed by atoms with Crippen LogP contribution in [0.3, 0.4) is 0 Å². The molecule has 1 aliphatic heterocycles. The van der Waals surface area contributed by atoms with Crippen molar-refractivity contribution in [1.29, 1.82) is 0 Å². The number of hydrogen-bond donors (Lipinski definition) is 2. The molecule has 31 heavy (non-hydrogen) atoms. The van der Waals surface area contributed by atoms with Crippen LogP contribution in [-0.2, 0) is 12.8 Å². The average molecular weight is 429 g/mol. The third kappa shape index (κ3) is 4.16. The normalized spacial score (nSPS) is 14.3. The number of pyridine rings is 1. The first-order chi connectivity index (χ1) is 15.2. The van der Waals surface area contributed by atoms with Crippen LogP contribution < -0.4 is 16.0 Å². The van der Waals surface area contributed by atoms with Crippen molar-refractivity contribution < 1.29 is 0 Å². The second-order valence-corrected chi connectivity index (χ2v) is 9.27. The number of nitrogens with zero attached hydrogens (tertiary/aromatic N) is 2. The molecule has 3 heterocycles. The minimum atomic E-state index is 0.895. The van der Waals surface area contributed by atoms with Crippen molar-refractivity contribution in [2.75, 3.05) is 36.8 Å². The molecule has 4 nitrogen and oxygen atoms in total. The second-order valence-electron chi connectivity index (χ2n) is 8.19. The Bertz CT molecular complexity index is 1190. The van der Waals surface area contributed by atoms with Gasteiger partial charge in [0, 0.05) is 47.8 Å². The highest BCUT2D eigenvalue weighted by Gasteiger charge is 2.15. The zero-order valence-electron chi connectivity index (χ0n) is 17.9. The summed E-state index contributed by atoms with van der Waals surface area (Å²) in [5.74, 6) is 0. The fourth-order valence-corrected chi connectivity index (χ4v) is 5.50. The van der Waals surface area contributed by atoms with E-state index in [0.29, 0.717) is 0 Å². The van der Waals surface area contributed by atoms with E-state index >= 15 is 0 Å². The van der Waals surface area contributed by atoms with Crippen molar-refractivity contribution in [3.05, 3.63) is 76.8 Å². The summed E-state index contributed by atoms with van der Waals surface area (Å²) < 4.78 is 0. The summed E-state index contributed by atoms with van der Waals surface area (Å²) in [5, 5.41) is 4.53. The fourth-order valence-electron chi connectivity index (χ4n) is 4.36. The maximum absolute atomic E-state index is 6.48. The van der Waals surface area contributed by atoms with Crippen LogP contribution in [0.4, 0.5) is 11.4 Å². The Morgan fingerprint density at radius 1 is 1.00 bits per heavy atom. The first kappa shape index (κ1) is 20.0. The summed E-state index contributed by atoms with van der Waals surface area (Å²) in [6, 6.07) is 21.8. The van der Waals surface area contributed by atoms with Crippen LogP contribution in [0, 0.1) is 6.92 Å². The van der Waals surface area contributed by atoms with E-state index in [9.17, 15) is 0 Å². The van der Waals surface area contributed by atoms with Crippen LogP contribution in [0.1, 0.15) is 16.1 Å². The van der Waals surface area contributed by atoms with Crippen molar-refractivity contribution in [1.82, 2.24) is 10.3 Å². The van der Waals surface area contributed by atoms with Gasteiger partial charge in [0.05, 0.1) is 5.69 Å². The quantitative estimate of drug-likeness (QED) is 0.467. The van der Waals surface area contributed by atoms with Crippen molar-refractivity contribution in [3.63, 3.8) is 0 Å². The highest BCUT2D eigenvalue weighted by molar-refractivity contribution is 7.19. The number of anilines is 2. The third-order valence-corrected chi connectivity index (χ3v) is 7.27. The highest BCUT2D eigenvalue weighted by Crippen LogP contribution is 2.35. The molecule has 0 radical (unpaired) electrons. The van der Waals surface area contributed by atoms with E-state index in [-0.39, 0.29) is 0 Å². The van der Waals surface area contributed by atoms with E-state index in [1.807, 2.05) is 13.0 Å². The number of aromatic nitrogens is 1. The van der Waals surface area contributed by atoms with Crippen LogP contribution in [0.15, 0.2) is 60.7 Å². The Morgan fingerprint density at radius 3 is 2.61 bits per heavy atom. The molecule has 4 aromatic rings. The molecule has 0 spiro atoms. The fraction of sp³-hybridized carbons (Fsp3) is 0.269. The van der Waals surface area contributed by atoms with Crippen LogP contribution in [-0.4, -0.2) is 31.2 Å². The van der Waals surface area contributed by atoms with E-state index in [1.165, 1.54) is 27.3 Å². The smallest absolute Gasteiger partial charge is 0.125 e. The van der Waals surface area contributed by atoms with Crippen molar-refractivity contribution in [2.24, 2.45) is 0 Å². The lowest BCUT2D eigenvalue weighted by Crippen LogP contribution is -2.43. The molecule has 5 rings (SSSR count). The number of nitrogens with two attached hydrogens (primary N) is 1. The van der Waals surface area contributed by atoms with Gasteiger partial charge in [-0.2, -0.15) is 0 Å². The lowest BCUT2D eigenvalue weighted by atomic mass is 9.95. The molecule has 1 aliphatic rings. The SMILES string of the molecule is Cc1ccc2c(N)c(CCc3ccc(N4CCNCC4)cc3-c3ccccc3)sc2n1. The number of nitrogen functional groups attached to an aromatic ring is 1. The van der Waals surface area contributed by atoms with E-state index in [0.717, 1.165) is 60.6 Å². The summed E-state index contributed by atoms with van der Waals surface area (Å²) in [6.07, 6.45) is 1.89. The summed E-state index contributed by atoms with van der Waals surface area (Å²) in [6.45, 7) is 6.22. The predicted molar refractivity (Wildman–Crippen MR) is 133 cm³/mol. The largest absolute Gasteiger partial charge is 0.397 e. The summed E-state index contributed by atoms with van der Waals surface area (Å²) in [5.41, 5.74) is 13.7. The van der Waals surface area contributed by atoms with Gasteiger partial charge in [-0.25, -0.2) is 4.98 Å². The highest BCUT2D eigenvalue weighted by atomic mass is 32.1. The lowest BCUT2D eigenvalue weighted by Gasteiger charge is -2.30. The van der Waals surface area contributed by atoms with Crippen molar-refractivity contribution >= 4 is 32.9 Å². The van der Waals surface area contributed by atoms with E-state index in [2.05, 4.69) is 69.8 Å². The van der Waals surface area contributed by atoms with Crippen LogP contribution in [0.2, 0.25) is 0 Å². The zero-order chi connectivity index (χ0) is 21.2. The number of fused-ring (bicyclic) bond motifs is 1. The van der Waals surface area contributed by atoms with E-state index < -0.39 is 0 Å². The van der Waals surface area contributed by atoms with Gasteiger partial charge in [-0.3, -0.25) is 0 Å². The molecule has 2 aromatic carbocycles. The second kappa shape index (κ2) is 8.69. The number of rotatable bonds is 5. The molecule has 0 atom stereocenters. The zero-order valence-corrected chi connectivity index (χ0v) is 18.7. The maximum Gasteiger partial charge on any atom is 0.125 e. The van der Waals surface area contributed by atoms with Gasteiger partial charge < -0.3 is 16.0 Å². The van der Waals surface area contributed by atoms with Gasteiger partial charge in [0.2, 0.25) is 0 Å². The number of nitrogens with one attached hydrogen (secondary N) is 1. The molecule has 0 unspecified atom stereocenters. The number of hydrogen-bond acceptors (Lipinski definition) is 5. The molecule has 0 saturated carbocycles. The van der Waals surface area contributed by atoms with Gasteiger partial charge in [-0.05, 0) is 60.7 Å². The topological polar surface area (TPSA) is 54.2 Å². The minimum absolute atomic E-state index is 0.895. The molecule has 0 amide bonds. The Kier molecular flexibility index (Phi) is 5.62. The molecule has 0 bridgehead atoms. The number of benzene rings is 2. The third-order valence-electron chi connectivity index (χ3n) is 6.09. The molecular formula is C26H28N4S. The molecule has 0 aliphatic carbocycles. The van der Waals surface area contributed by atoms with Crippen LogP contribution in [0.5, 0.6) is 0 Å². The molecule has 1 fully saturated rings. The first-order valence-electron chi connectivity index (χ1n) is 11.0. The Balaban J connectivity index is 1.46. The molecule has 2 aromatic heterocycles. The van der Waals surface area contributed by atoms with Crippen LogP contribution in [0.25, 0.3) is 21.3 Å². The molecular weight excluding hydrogens is 400 g/mol. The maximum atomic E-state index is 6.48. The van der Waals surface area contributed by atoms with Crippen molar-refractivity contribution in [2.45, 2.75) is 19.8 Å². The number of thiophene rings is 1. The van der Waals surface area contributed by atoms with Crippen LogP contribution >= 0.6 is 11.3 Å². The molecule has 5 heteroatoms. The van der Waals surface area contributed by atoms with Gasteiger partial charge >= 0.3 is 0 Å². The first-order valence-corrected chi connectivity index (χ1v) is 11.8. The van der Waals surface area contributed by atoms with Gasteiger partial charge in [-0.1, -0.05) is 36.4 Å². The van der Waals surface area contributed by atoms with E-state index in [1.54, 1.807) is 11.3 Å². The Morgan fingerprint density at radius 2 is 1.81 bits per heavy atom. The predicted octanol–water partition coefficient (Wildman–Crippen LogP) is 5.05. The number of aryl methyl sites for hydroxylation is 3. The summed E-state index contributed by atoms with van der Waals surface area (Å²) in [7, 11) is 0. The molecule has 1 saturated heterocycles. The summed E-state index contributed by atoms with van der Waals surface area (Å²) in [4.78, 5) is 9.43. The van der Waals surface area contributed by atoms with E-state index in [4.69, 9.17) is 5.73 Å². The molecule has 158 valence electrons. The van der Waals surface area contributed by atoms with Gasteiger partial charge in [0.15, 0.2) is 0 Å². The Hall–Kier alpha value is -2.89. The number of piperazine rings is 1. The Labute approximate surface area is 187 Å². The minimum Gasteiger partial charge on any atom is -0.397 e. The van der Waals surface area contributed by atoms with Gasteiger partial charge in [-0.15, -0.1) is 11.3 Å². The molecule has 3 N–H and O–H groups in total. The van der Waals surface area contributed by atoms with Crippen molar-refractivity contribution in [3.8, 4) is 11.1 Å². The van der Waals surface area contributed by atoms with Gasteiger partial charge in [0.25, 0.3) is 0 Å². The standard InChI is InChI=1S/C26H28N4S/c1-18-7-11-22-25(27)24(31-26(22)29-18)12-9-20-8-10-21(30-15-13-28-14-16-30)17-23(20)19-5-3-2-4-6-19/h2-8,10-11,17,28H,9,12-16,27H2,1H3. The average Bonchev–Trinajstić information content (AvgIpc) is 3.13. The van der Waals surface area contributed by atoms with Gasteiger partial charge in [0.1, 0.15) is 4.83 Å².